The second-order valence-corrected chi connectivity index (χ2v) is 5.82. The van der Waals surface area contributed by atoms with Crippen molar-refractivity contribution >= 4 is 15.9 Å². The van der Waals surface area contributed by atoms with E-state index in [9.17, 15) is 4.39 Å². The summed E-state index contributed by atoms with van der Waals surface area (Å²) in [4.78, 5) is 0. The lowest BCUT2D eigenvalue weighted by atomic mass is 9.99. The number of halogens is 2. The average Bonchev–Trinajstić information content (AvgIpc) is 2.43. The van der Waals surface area contributed by atoms with E-state index < -0.39 is 0 Å². The fraction of sp³-hybridized carbons (Fsp3) is 0.625. The molecule has 0 fully saturated rings. The summed E-state index contributed by atoms with van der Waals surface area (Å²) >= 11 is 3.29. The first kappa shape index (κ1) is 17.6. The van der Waals surface area contributed by atoms with Crippen LogP contribution in [0.2, 0.25) is 0 Å². The normalized spacial score (nSPS) is 14.2. The van der Waals surface area contributed by atoms with Crippen molar-refractivity contribution in [3.8, 4) is 0 Å². The summed E-state index contributed by atoms with van der Waals surface area (Å²) in [6.45, 7) is 7.85. The third-order valence-electron chi connectivity index (χ3n) is 3.34. The van der Waals surface area contributed by atoms with Gasteiger partial charge in [0.1, 0.15) is 5.82 Å². The van der Waals surface area contributed by atoms with E-state index in [1.165, 1.54) is 6.07 Å². The molecule has 0 heterocycles. The van der Waals surface area contributed by atoms with Crippen LogP contribution >= 0.6 is 15.9 Å². The molecule has 0 saturated carbocycles. The quantitative estimate of drug-likeness (QED) is 0.719. The summed E-state index contributed by atoms with van der Waals surface area (Å²) in [5, 5.41) is 3.49. The topological polar surface area (TPSA) is 21.3 Å². The van der Waals surface area contributed by atoms with Gasteiger partial charge in [0.25, 0.3) is 0 Å². The van der Waals surface area contributed by atoms with Crippen LogP contribution in [0.15, 0.2) is 22.7 Å². The standard InChI is InChI=1S/C16H25BrFNO/c1-4-9-19-15(16(5-2)20-6-3)10-12-7-8-13(17)11-14(12)18/h7-8,11,15-16,19H,4-6,9-10H2,1-3H3. The molecular formula is C16H25BrFNO. The molecule has 4 heteroatoms. The van der Waals surface area contributed by atoms with Crippen molar-refractivity contribution in [2.45, 2.75) is 52.2 Å². The lowest BCUT2D eigenvalue weighted by molar-refractivity contribution is 0.0318. The van der Waals surface area contributed by atoms with Gasteiger partial charge < -0.3 is 10.1 Å². The largest absolute Gasteiger partial charge is 0.377 e. The first-order valence-corrected chi connectivity index (χ1v) is 8.20. The third-order valence-corrected chi connectivity index (χ3v) is 3.84. The van der Waals surface area contributed by atoms with E-state index in [2.05, 4.69) is 35.1 Å². The Morgan fingerprint density at radius 3 is 2.60 bits per heavy atom. The minimum Gasteiger partial charge on any atom is -0.377 e. The first-order chi connectivity index (χ1) is 9.62. The molecule has 1 aromatic carbocycles. The van der Waals surface area contributed by atoms with Crippen molar-refractivity contribution in [2.75, 3.05) is 13.2 Å². The Morgan fingerprint density at radius 1 is 1.30 bits per heavy atom. The molecule has 0 aromatic heterocycles. The van der Waals surface area contributed by atoms with Gasteiger partial charge in [-0.3, -0.25) is 0 Å². The Morgan fingerprint density at radius 2 is 2.05 bits per heavy atom. The van der Waals surface area contributed by atoms with Gasteiger partial charge in [-0.2, -0.15) is 0 Å². The van der Waals surface area contributed by atoms with E-state index in [-0.39, 0.29) is 18.0 Å². The highest BCUT2D eigenvalue weighted by Gasteiger charge is 2.21. The number of rotatable bonds is 9. The summed E-state index contributed by atoms with van der Waals surface area (Å²) in [5.41, 5.74) is 0.736. The van der Waals surface area contributed by atoms with Gasteiger partial charge >= 0.3 is 0 Å². The molecule has 1 aromatic rings. The lowest BCUT2D eigenvalue weighted by Crippen LogP contribution is -2.43. The molecule has 0 aliphatic rings. The lowest BCUT2D eigenvalue weighted by Gasteiger charge is -2.27. The number of ether oxygens (including phenoxy) is 1. The summed E-state index contributed by atoms with van der Waals surface area (Å²) in [5.74, 6) is -0.158. The molecule has 20 heavy (non-hydrogen) atoms. The van der Waals surface area contributed by atoms with Crippen molar-refractivity contribution in [3.05, 3.63) is 34.1 Å². The molecule has 0 bridgehead atoms. The predicted molar refractivity (Wildman–Crippen MR) is 85.6 cm³/mol. The Labute approximate surface area is 130 Å². The predicted octanol–water partition coefficient (Wildman–Crippen LogP) is 4.31. The minimum atomic E-state index is -0.158. The summed E-state index contributed by atoms with van der Waals surface area (Å²) in [6.07, 6.45) is 2.75. The van der Waals surface area contributed by atoms with Gasteiger partial charge in [0.2, 0.25) is 0 Å². The monoisotopic (exact) mass is 345 g/mol. The molecule has 1 rings (SSSR count). The molecule has 0 radical (unpaired) electrons. The maximum Gasteiger partial charge on any atom is 0.127 e. The second kappa shape index (κ2) is 9.48. The van der Waals surface area contributed by atoms with Crippen LogP contribution in [0, 0.1) is 5.82 Å². The maximum atomic E-state index is 14.0. The molecule has 2 unspecified atom stereocenters. The summed E-state index contributed by atoms with van der Waals surface area (Å²) < 4.78 is 20.6. The molecule has 114 valence electrons. The zero-order valence-corrected chi connectivity index (χ0v) is 14.2. The highest BCUT2D eigenvalue weighted by Crippen LogP contribution is 2.18. The number of nitrogens with one attached hydrogen (secondary N) is 1. The van der Waals surface area contributed by atoms with Crippen molar-refractivity contribution in [1.29, 1.82) is 0 Å². The van der Waals surface area contributed by atoms with Gasteiger partial charge in [-0.1, -0.05) is 35.8 Å². The Hall–Kier alpha value is -0.450. The van der Waals surface area contributed by atoms with E-state index in [1.54, 1.807) is 0 Å². The van der Waals surface area contributed by atoms with Crippen molar-refractivity contribution in [1.82, 2.24) is 5.32 Å². The smallest absolute Gasteiger partial charge is 0.127 e. The third kappa shape index (κ3) is 5.51. The van der Waals surface area contributed by atoms with Crippen LogP contribution in [-0.2, 0) is 11.2 Å². The van der Waals surface area contributed by atoms with Crippen LogP contribution in [0.25, 0.3) is 0 Å². The molecule has 2 nitrogen and oxygen atoms in total. The van der Waals surface area contributed by atoms with Crippen LogP contribution in [0.3, 0.4) is 0 Å². The summed E-state index contributed by atoms with van der Waals surface area (Å²) in [7, 11) is 0. The highest BCUT2D eigenvalue weighted by molar-refractivity contribution is 9.10. The van der Waals surface area contributed by atoms with Crippen LogP contribution in [0.1, 0.15) is 39.2 Å². The van der Waals surface area contributed by atoms with Crippen LogP contribution in [0.5, 0.6) is 0 Å². The highest BCUT2D eigenvalue weighted by atomic mass is 79.9. The van der Waals surface area contributed by atoms with E-state index in [0.29, 0.717) is 13.0 Å². The molecule has 2 atom stereocenters. The molecule has 0 amide bonds. The van der Waals surface area contributed by atoms with Crippen molar-refractivity contribution in [2.24, 2.45) is 0 Å². The van der Waals surface area contributed by atoms with Gasteiger partial charge in [0.15, 0.2) is 0 Å². The number of hydrogen-bond acceptors (Lipinski definition) is 2. The Balaban J connectivity index is 2.81. The van der Waals surface area contributed by atoms with Crippen molar-refractivity contribution in [3.63, 3.8) is 0 Å². The van der Waals surface area contributed by atoms with Gasteiger partial charge in [-0.15, -0.1) is 0 Å². The van der Waals surface area contributed by atoms with Gasteiger partial charge in [0.05, 0.1) is 6.10 Å². The number of hydrogen-bond donors (Lipinski definition) is 1. The molecular weight excluding hydrogens is 321 g/mol. The fourth-order valence-electron chi connectivity index (χ4n) is 2.32. The van der Waals surface area contributed by atoms with Crippen LogP contribution in [-0.4, -0.2) is 25.3 Å². The maximum absolute atomic E-state index is 14.0. The molecule has 0 spiro atoms. The first-order valence-electron chi connectivity index (χ1n) is 7.41. The average molecular weight is 346 g/mol. The zero-order valence-electron chi connectivity index (χ0n) is 12.6. The molecule has 0 aliphatic carbocycles. The molecule has 1 N–H and O–H groups in total. The van der Waals surface area contributed by atoms with Crippen LogP contribution in [0.4, 0.5) is 4.39 Å². The van der Waals surface area contributed by atoms with E-state index in [1.807, 2.05) is 19.1 Å². The zero-order chi connectivity index (χ0) is 15.0. The van der Waals surface area contributed by atoms with Gasteiger partial charge in [-0.25, -0.2) is 4.39 Å². The second-order valence-electron chi connectivity index (χ2n) is 4.90. The molecule has 0 aliphatic heterocycles. The van der Waals surface area contributed by atoms with Gasteiger partial charge in [-0.05, 0) is 50.4 Å². The minimum absolute atomic E-state index is 0.120. The fourth-order valence-corrected chi connectivity index (χ4v) is 2.65. The molecule has 0 saturated heterocycles. The SMILES string of the molecule is CCCNC(Cc1ccc(Br)cc1F)C(CC)OCC. The van der Waals surface area contributed by atoms with Gasteiger partial charge in [0, 0.05) is 17.1 Å². The summed E-state index contributed by atoms with van der Waals surface area (Å²) in [6, 6.07) is 5.40. The Kier molecular flexibility index (Phi) is 8.34. The van der Waals surface area contributed by atoms with Crippen molar-refractivity contribution < 1.29 is 9.13 Å². The number of benzene rings is 1. The van der Waals surface area contributed by atoms with E-state index in [0.717, 1.165) is 29.4 Å². The van der Waals surface area contributed by atoms with E-state index >= 15 is 0 Å². The van der Waals surface area contributed by atoms with E-state index in [4.69, 9.17) is 4.74 Å². The van der Waals surface area contributed by atoms with Crippen LogP contribution < -0.4 is 5.32 Å². The Bertz CT molecular complexity index is 400.